The van der Waals surface area contributed by atoms with Crippen molar-refractivity contribution in [2.45, 2.75) is 26.2 Å². The Bertz CT molecular complexity index is 781. The lowest BCUT2D eigenvalue weighted by Gasteiger charge is -2.16. The third kappa shape index (κ3) is 4.94. The van der Waals surface area contributed by atoms with E-state index in [0.717, 1.165) is 17.8 Å². The number of ether oxygens (including phenoxy) is 3. The molecule has 1 atom stereocenters. The maximum Gasteiger partial charge on any atom is 0.348 e. The normalized spacial score (nSPS) is 15.7. The van der Waals surface area contributed by atoms with Gasteiger partial charge < -0.3 is 19.5 Å². The van der Waals surface area contributed by atoms with Crippen LogP contribution in [0.15, 0.2) is 12.2 Å². The standard InChI is InChI=1S/C18H21NO7S/c1-10-13(17(22)24-2)15(27-14(10)18(23)25-3)19-12(20)9-26-16(21)11-7-5-4-6-8-11/h4-5,11H,6-9H2,1-3H3,(H,19,20)/t11-/m1/s1. The third-order valence-corrected chi connectivity index (χ3v) is 5.30. The Hall–Kier alpha value is -2.68. The highest BCUT2D eigenvalue weighted by Crippen LogP contribution is 2.34. The van der Waals surface area contributed by atoms with Gasteiger partial charge in [-0.25, -0.2) is 9.59 Å². The molecule has 1 aliphatic rings. The topological polar surface area (TPSA) is 108 Å². The number of carbonyl (C=O) groups is 4. The molecule has 1 heterocycles. The summed E-state index contributed by atoms with van der Waals surface area (Å²) in [5, 5.41) is 2.64. The second-order valence-corrected chi connectivity index (χ2v) is 6.90. The van der Waals surface area contributed by atoms with Gasteiger partial charge in [0.05, 0.1) is 25.7 Å². The van der Waals surface area contributed by atoms with Crippen molar-refractivity contribution in [2.75, 3.05) is 26.1 Å². The van der Waals surface area contributed by atoms with Crippen LogP contribution in [-0.4, -0.2) is 44.6 Å². The summed E-state index contributed by atoms with van der Waals surface area (Å²) in [7, 11) is 2.42. The number of hydrogen-bond donors (Lipinski definition) is 1. The number of anilines is 1. The Balaban J connectivity index is 2.07. The van der Waals surface area contributed by atoms with Crippen LogP contribution in [-0.2, 0) is 23.8 Å². The first-order chi connectivity index (χ1) is 12.9. The average Bonchev–Trinajstić information content (AvgIpc) is 3.01. The van der Waals surface area contributed by atoms with E-state index < -0.39 is 30.4 Å². The summed E-state index contributed by atoms with van der Waals surface area (Å²) in [5.41, 5.74) is 0.417. The quantitative estimate of drug-likeness (QED) is 0.448. The lowest BCUT2D eigenvalue weighted by atomic mass is 9.95. The van der Waals surface area contributed by atoms with Crippen molar-refractivity contribution < 1.29 is 33.4 Å². The molecule has 1 amide bonds. The van der Waals surface area contributed by atoms with Crippen LogP contribution in [0.5, 0.6) is 0 Å². The van der Waals surface area contributed by atoms with Crippen LogP contribution >= 0.6 is 11.3 Å². The van der Waals surface area contributed by atoms with Gasteiger partial charge in [0, 0.05) is 0 Å². The summed E-state index contributed by atoms with van der Waals surface area (Å²) in [6.07, 6.45) is 6.01. The first kappa shape index (κ1) is 20.6. The van der Waals surface area contributed by atoms with Crippen molar-refractivity contribution in [3.63, 3.8) is 0 Å². The average molecular weight is 395 g/mol. The molecule has 1 N–H and O–H groups in total. The number of hydrogen-bond acceptors (Lipinski definition) is 8. The summed E-state index contributed by atoms with van der Waals surface area (Å²) in [5.74, 6) is -2.61. The van der Waals surface area contributed by atoms with Crippen molar-refractivity contribution >= 4 is 40.2 Å². The SMILES string of the molecule is COC(=O)c1sc(NC(=O)COC(=O)[C@@H]2CC=CCC2)c(C(=O)OC)c1C. The zero-order chi connectivity index (χ0) is 20.0. The van der Waals surface area contributed by atoms with E-state index in [2.05, 4.69) is 10.1 Å². The molecule has 27 heavy (non-hydrogen) atoms. The Kier molecular flexibility index (Phi) is 7.12. The molecule has 0 saturated heterocycles. The molecule has 2 rings (SSSR count). The number of carbonyl (C=O) groups excluding carboxylic acids is 4. The Labute approximate surface area is 160 Å². The lowest BCUT2D eigenvalue weighted by molar-refractivity contribution is -0.151. The van der Waals surface area contributed by atoms with Crippen molar-refractivity contribution in [2.24, 2.45) is 5.92 Å². The van der Waals surface area contributed by atoms with Crippen molar-refractivity contribution in [3.8, 4) is 0 Å². The minimum Gasteiger partial charge on any atom is -0.465 e. The van der Waals surface area contributed by atoms with Crippen LogP contribution in [0.2, 0.25) is 0 Å². The summed E-state index contributed by atoms with van der Waals surface area (Å²) >= 11 is 0.896. The summed E-state index contributed by atoms with van der Waals surface area (Å²) < 4.78 is 14.5. The highest BCUT2D eigenvalue weighted by Gasteiger charge is 2.27. The lowest BCUT2D eigenvalue weighted by Crippen LogP contribution is -2.25. The van der Waals surface area contributed by atoms with E-state index in [0.29, 0.717) is 18.4 Å². The molecule has 9 heteroatoms. The minimum atomic E-state index is -0.694. The molecule has 1 aromatic rings. The van der Waals surface area contributed by atoms with Crippen LogP contribution in [0.25, 0.3) is 0 Å². The molecule has 0 fully saturated rings. The number of esters is 3. The van der Waals surface area contributed by atoms with E-state index >= 15 is 0 Å². The molecule has 0 aliphatic heterocycles. The van der Waals surface area contributed by atoms with Gasteiger partial charge >= 0.3 is 17.9 Å². The smallest absolute Gasteiger partial charge is 0.348 e. The Morgan fingerprint density at radius 1 is 1.15 bits per heavy atom. The molecule has 0 saturated carbocycles. The van der Waals surface area contributed by atoms with Gasteiger partial charge in [0.1, 0.15) is 9.88 Å². The first-order valence-electron chi connectivity index (χ1n) is 8.30. The zero-order valence-corrected chi connectivity index (χ0v) is 16.1. The zero-order valence-electron chi connectivity index (χ0n) is 15.3. The van der Waals surface area contributed by atoms with Crippen LogP contribution in [0, 0.1) is 12.8 Å². The van der Waals surface area contributed by atoms with E-state index in [4.69, 9.17) is 9.47 Å². The van der Waals surface area contributed by atoms with Gasteiger partial charge in [0.15, 0.2) is 6.61 Å². The van der Waals surface area contributed by atoms with E-state index in [-0.39, 0.29) is 21.4 Å². The molecule has 0 spiro atoms. The number of amides is 1. The van der Waals surface area contributed by atoms with Gasteiger partial charge in [0.25, 0.3) is 5.91 Å². The number of allylic oxidation sites excluding steroid dienone is 2. The van der Waals surface area contributed by atoms with E-state index in [1.807, 2.05) is 12.2 Å². The molecule has 8 nitrogen and oxygen atoms in total. The molecule has 1 aromatic heterocycles. The highest BCUT2D eigenvalue weighted by molar-refractivity contribution is 7.18. The maximum atomic E-state index is 12.2. The maximum absolute atomic E-state index is 12.2. The van der Waals surface area contributed by atoms with E-state index in [1.54, 1.807) is 6.92 Å². The Morgan fingerprint density at radius 3 is 2.44 bits per heavy atom. The summed E-state index contributed by atoms with van der Waals surface area (Å²) in [4.78, 5) is 48.2. The molecular weight excluding hydrogens is 374 g/mol. The number of nitrogens with one attached hydrogen (secondary N) is 1. The highest BCUT2D eigenvalue weighted by atomic mass is 32.1. The molecule has 0 radical (unpaired) electrons. The van der Waals surface area contributed by atoms with E-state index in [9.17, 15) is 19.2 Å². The van der Waals surface area contributed by atoms with Crippen LogP contribution in [0.4, 0.5) is 5.00 Å². The van der Waals surface area contributed by atoms with Gasteiger partial charge in [-0.1, -0.05) is 12.2 Å². The number of rotatable bonds is 6. The molecular formula is C18H21NO7S. The van der Waals surface area contributed by atoms with Gasteiger partial charge in [-0.05, 0) is 31.7 Å². The van der Waals surface area contributed by atoms with Crippen LogP contribution in [0.1, 0.15) is 44.9 Å². The van der Waals surface area contributed by atoms with Gasteiger partial charge in [0.2, 0.25) is 0 Å². The Morgan fingerprint density at radius 2 is 1.85 bits per heavy atom. The van der Waals surface area contributed by atoms with Crippen molar-refractivity contribution in [1.29, 1.82) is 0 Å². The van der Waals surface area contributed by atoms with Crippen molar-refractivity contribution in [3.05, 3.63) is 28.2 Å². The second kappa shape index (κ2) is 9.31. The molecule has 146 valence electrons. The summed E-state index contributed by atoms with van der Waals surface area (Å²) in [6.45, 7) is 1.07. The van der Waals surface area contributed by atoms with Crippen LogP contribution in [0.3, 0.4) is 0 Å². The fourth-order valence-electron chi connectivity index (χ4n) is 2.66. The number of thiophene rings is 1. The predicted molar refractivity (Wildman–Crippen MR) is 97.8 cm³/mol. The van der Waals surface area contributed by atoms with E-state index in [1.165, 1.54) is 14.2 Å². The fourth-order valence-corrected chi connectivity index (χ4v) is 3.79. The minimum absolute atomic E-state index is 0.0694. The third-order valence-electron chi connectivity index (χ3n) is 4.11. The molecule has 0 unspecified atom stereocenters. The molecule has 0 bridgehead atoms. The molecule has 0 aromatic carbocycles. The summed E-state index contributed by atoms with van der Waals surface area (Å²) in [6, 6.07) is 0. The van der Waals surface area contributed by atoms with Crippen molar-refractivity contribution in [1.82, 2.24) is 0 Å². The number of methoxy groups -OCH3 is 2. The monoisotopic (exact) mass is 395 g/mol. The van der Waals surface area contributed by atoms with Gasteiger partial charge in [-0.2, -0.15) is 0 Å². The first-order valence-corrected chi connectivity index (χ1v) is 9.12. The van der Waals surface area contributed by atoms with Gasteiger partial charge in [-0.3, -0.25) is 9.59 Å². The largest absolute Gasteiger partial charge is 0.465 e. The van der Waals surface area contributed by atoms with Gasteiger partial charge in [-0.15, -0.1) is 11.3 Å². The fraction of sp³-hybridized carbons (Fsp3) is 0.444. The predicted octanol–water partition coefficient (Wildman–Crippen LogP) is 2.47. The van der Waals surface area contributed by atoms with Crippen LogP contribution < -0.4 is 5.32 Å². The second-order valence-electron chi connectivity index (χ2n) is 5.88. The molecule has 1 aliphatic carbocycles.